The van der Waals surface area contributed by atoms with E-state index in [2.05, 4.69) is 5.32 Å². The zero-order valence-corrected chi connectivity index (χ0v) is 11.6. The number of amides is 1. The first-order valence-electron chi connectivity index (χ1n) is 6.20. The van der Waals surface area contributed by atoms with E-state index in [0.717, 1.165) is 17.9 Å². The Labute approximate surface area is 109 Å². The van der Waals surface area contributed by atoms with Crippen molar-refractivity contribution in [3.63, 3.8) is 0 Å². The van der Waals surface area contributed by atoms with E-state index in [-0.39, 0.29) is 11.9 Å². The van der Waals surface area contributed by atoms with Gasteiger partial charge in [-0.3, -0.25) is 4.79 Å². The van der Waals surface area contributed by atoms with E-state index in [9.17, 15) is 4.79 Å². The average molecular weight is 250 g/mol. The molecule has 4 heteroatoms. The molecule has 1 aromatic rings. The van der Waals surface area contributed by atoms with Gasteiger partial charge in [-0.1, -0.05) is 18.2 Å². The molecule has 0 radical (unpaired) electrons. The summed E-state index contributed by atoms with van der Waals surface area (Å²) in [4.78, 5) is 13.4. The van der Waals surface area contributed by atoms with Gasteiger partial charge in [-0.05, 0) is 19.9 Å². The fourth-order valence-corrected chi connectivity index (χ4v) is 1.69. The molecule has 1 atom stereocenters. The summed E-state index contributed by atoms with van der Waals surface area (Å²) in [7, 11) is 3.46. The van der Waals surface area contributed by atoms with Crippen LogP contribution in [0.3, 0.4) is 0 Å². The van der Waals surface area contributed by atoms with Crippen LogP contribution in [0.4, 0.5) is 0 Å². The van der Waals surface area contributed by atoms with Gasteiger partial charge in [-0.15, -0.1) is 0 Å². The molecule has 4 nitrogen and oxygen atoms in total. The van der Waals surface area contributed by atoms with Crippen LogP contribution in [0.25, 0.3) is 0 Å². The van der Waals surface area contributed by atoms with E-state index in [1.165, 1.54) is 0 Å². The van der Waals surface area contributed by atoms with Gasteiger partial charge >= 0.3 is 0 Å². The molecule has 0 spiro atoms. The number of nitrogens with one attached hydrogen (secondary N) is 1. The number of likely N-dealkylation sites (N-methyl/N-ethyl adjacent to an activating group) is 1. The Morgan fingerprint density at radius 1 is 1.44 bits per heavy atom. The smallest absolute Gasteiger partial charge is 0.236 e. The summed E-state index contributed by atoms with van der Waals surface area (Å²) in [5.74, 6) is 0.938. The van der Waals surface area contributed by atoms with Gasteiger partial charge in [0, 0.05) is 25.2 Å². The molecule has 0 aliphatic rings. The molecular formula is C14H22N2O2. The van der Waals surface area contributed by atoms with Crippen LogP contribution in [-0.4, -0.2) is 38.1 Å². The molecule has 1 rings (SSSR count). The van der Waals surface area contributed by atoms with Crippen LogP contribution in [0.1, 0.15) is 25.5 Å². The number of nitrogens with zero attached hydrogens (tertiary/aromatic N) is 1. The van der Waals surface area contributed by atoms with Gasteiger partial charge in [0.15, 0.2) is 0 Å². The monoisotopic (exact) mass is 250 g/mol. The molecule has 18 heavy (non-hydrogen) atoms. The zero-order chi connectivity index (χ0) is 13.5. The minimum Gasteiger partial charge on any atom is -0.496 e. The summed E-state index contributed by atoms with van der Waals surface area (Å²) < 4.78 is 5.31. The minimum absolute atomic E-state index is 0.0790. The lowest BCUT2D eigenvalue weighted by molar-refractivity contribution is -0.128. The van der Waals surface area contributed by atoms with Crippen molar-refractivity contribution >= 4 is 5.91 Å². The Morgan fingerprint density at radius 3 is 2.72 bits per heavy atom. The fourth-order valence-electron chi connectivity index (χ4n) is 1.69. The molecule has 1 amide bonds. The van der Waals surface area contributed by atoms with Gasteiger partial charge in [0.1, 0.15) is 5.75 Å². The molecule has 0 aliphatic heterocycles. The SMILES string of the molecule is CCN(C)C(=O)CN[C@@H](C)c1ccccc1OC. The molecule has 0 fully saturated rings. The van der Waals surface area contributed by atoms with Crippen molar-refractivity contribution in [3.8, 4) is 5.75 Å². The molecule has 0 saturated heterocycles. The van der Waals surface area contributed by atoms with Crippen molar-refractivity contribution in [1.82, 2.24) is 10.2 Å². The van der Waals surface area contributed by atoms with Crippen LogP contribution in [-0.2, 0) is 4.79 Å². The lowest BCUT2D eigenvalue weighted by Gasteiger charge is -2.19. The number of benzene rings is 1. The summed E-state index contributed by atoms with van der Waals surface area (Å²) in [5.41, 5.74) is 1.06. The van der Waals surface area contributed by atoms with Crippen LogP contribution in [0.2, 0.25) is 0 Å². The number of carbonyl (C=O) groups is 1. The Hall–Kier alpha value is -1.55. The molecule has 0 saturated carbocycles. The lowest BCUT2D eigenvalue weighted by Crippen LogP contribution is -2.36. The molecular weight excluding hydrogens is 228 g/mol. The van der Waals surface area contributed by atoms with Gasteiger partial charge in [-0.25, -0.2) is 0 Å². The number of carbonyl (C=O) groups excluding carboxylic acids is 1. The summed E-state index contributed by atoms with van der Waals surface area (Å²) in [5, 5.41) is 3.22. The predicted octanol–water partition coefficient (Wildman–Crippen LogP) is 1.82. The molecule has 0 unspecified atom stereocenters. The average Bonchev–Trinajstić information content (AvgIpc) is 2.43. The third-order valence-corrected chi connectivity index (χ3v) is 3.07. The molecule has 0 aliphatic carbocycles. The lowest BCUT2D eigenvalue weighted by atomic mass is 10.1. The van der Waals surface area contributed by atoms with E-state index in [0.29, 0.717) is 6.54 Å². The van der Waals surface area contributed by atoms with Gasteiger partial charge in [0.2, 0.25) is 5.91 Å². The van der Waals surface area contributed by atoms with Crippen molar-refractivity contribution in [2.45, 2.75) is 19.9 Å². The van der Waals surface area contributed by atoms with E-state index in [1.54, 1.807) is 19.1 Å². The molecule has 1 N–H and O–H groups in total. The highest BCUT2D eigenvalue weighted by Crippen LogP contribution is 2.23. The summed E-state index contributed by atoms with van der Waals surface area (Å²) in [6.45, 7) is 5.05. The van der Waals surface area contributed by atoms with Crippen molar-refractivity contribution in [2.24, 2.45) is 0 Å². The van der Waals surface area contributed by atoms with Crippen LogP contribution >= 0.6 is 0 Å². The second-order valence-corrected chi connectivity index (χ2v) is 4.25. The maximum absolute atomic E-state index is 11.7. The highest BCUT2D eigenvalue weighted by molar-refractivity contribution is 5.77. The first-order valence-corrected chi connectivity index (χ1v) is 6.20. The van der Waals surface area contributed by atoms with Crippen molar-refractivity contribution < 1.29 is 9.53 Å². The normalized spacial score (nSPS) is 12.0. The quantitative estimate of drug-likeness (QED) is 0.837. The Kier molecular flexibility index (Phi) is 5.65. The number of para-hydroxylation sites is 1. The van der Waals surface area contributed by atoms with Gasteiger partial charge in [0.05, 0.1) is 13.7 Å². The maximum Gasteiger partial charge on any atom is 0.236 e. The number of ether oxygens (including phenoxy) is 1. The number of rotatable bonds is 6. The Morgan fingerprint density at radius 2 is 2.11 bits per heavy atom. The highest BCUT2D eigenvalue weighted by atomic mass is 16.5. The first-order chi connectivity index (χ1) is 8.60. The molecule has 1 aromatic carbocycles. The van der Waals surface area contributed by atoms with Crippen LogP contribution in [0, 0.1) is 0 Å². The second-order valence-electron chi connectivity index (χ2n) is 4.25. The number of hydrogen-bond donors (Lipinski definition) is 1. The number of methoxy groups -OCH3 is 1. The van der Waals surface area contributed by atoms with E-state index in [1.807, 2.05) is 38.1 Å². The van der Waals surface area contributed by atoms with Gasteiger partial charge in [-0.2, -0.15) is 0 Å². The largest absolute Gasteiger partial charge is 0.496 e. The summed E-state index contributed by atoms with van der Waals surface area (Å²) in [6, 6.07) is 7.91. The first kappa shape index (κ1) is 14.5. The second kappa shape index (κ2) is 7.01. The van der Waals surface area contributed by atoms with E-state index >= 15 is 0 Å². The number of hydrogen-bond acceptors (Lipinski definition) is 3. The van der Waals surface area contributed by atoms with E-state index in [4.69, 9.17) is 4.74 Å². The molecule has 0 heterocycles. The minimum atomic E-state index is 0.0790. The zero-order valence-electron chi connectivity index (χ0n) is 11.6. The van der Waals surface area contributed by atoms with Gasteiger partial charge < -0.3 is 15.0 Å². The van der Waals surface area contributed by atoms with E-state index < -0.39 is 0 Å². The van der Waals surface area contributed by atoms with Crippen molar-refractivity contribution in [2.75, 3.05) is 27.2 Å². The third kappa shape index (κ3) is 3.74. The van der Waals surface area contributed by atoms with Crippen LogP contribution < -0.4 is 10.1 Å². The van der Waals surface area contributed by atoms with Crippen molar-refractivity contribution in [1.29, 1.82) is 0 Å². The highest BCUT2D eigenvalue weighted by Gasteiger charge is 2.13. The van der Waals surface area contributed by atoms with Crippen LogP contribution in [0.15, 0.2) is 24.3 Å². The Balaban J connectivity index is 2.60. The summed E-state index contributed by atoms with van der Waals surface area (Å²) in [6.07, 6.45) is 0. The molecule has 0 bridgehead atoms. The fraction of sp³-hybridized carbons (Fsp3) is 0.500. The third-order valence-electron chi connectivity index (χ3n) is 3.07. The van der Waals surface area contributed by atoms with Crippen molar-refractivity contribution in [3.05, 3.63) is 29.8 Å². The Bertz CT molecular complexity index is 393. The van der Waals surface area contributed by atoms with Gasteiger partial charge in [0.25, 0.3) is 0 Å². The molecule has 100 valence electrons. The maximum atomic E-state index is 11.7. The molecule has 0 aromatic heterocycles. The summed E-state index contributed by atoms with van der Waals surface area (Å²) >= 11 is 0. The van der Waals surface area contributed by atoms with Crippen LogP contribution in [0.5, 0.6) is 5.75 Å². The topological polar surface area (TPSA) is 41.6 Å². The standard InChI is InChI=1S/C14H22N2O2/c1-5-16(3)14(17)10-15-11(2)12-8-6-7-9-13(12)18-4/h6-9,11,15H,5,10H2,1-4H3/t11-/m0/s1. The predicted molar refractivity (Wildman–Crippen MR) is 72.7 cm³/mol.